The molecule has 0 aliphatic carbocycles. The third kappa shape index (κ3) is 5.56. The lowest BCUT2D eigenvalue weighted by molar-refractivity contribution is -0.121. The lowest BCUT2D eigenvalue weighted by atomic mass is 10.1. The molecule has 1 rings (SSSR count). The summed E-state index contributed by atoms with van der Waals surface area (Å²) >= 11 is 0. The highest BCUT2D eigenvalue weighted by atomic mass is 16.5. The number of amides is 1. The number of methoxy groups -OCH3 is 2. The van der Waals surface area contributed by atoms with Gasteiger partial charge in [-0.25, -0.2) is 0 Å². The van der Waals surface area contributed by atoms with Crippen molar-refractivity contribution in [2.75, 3.05) is 28.3 Å². The van der Waals surface area contributed by atoms with Gasteiger partial charge in [0.2, 0.25) is 5.91 Å². The van der Waals surface area contributed by atoms with E-state index in [1.807, 2.05) is 39.2 Å². The highest BCUT2D eigenvalue weighted by Gasteiger charge is 2.15. The van der Waals surface area contributed by atoms with Gasteiger partial charge in [-0.2, -0.15) is 0 Å². The zero-order valence-corrected chi connectivity index (χ0v) is 14.5. The summed E-state index contributed by atoms with van der Waals surface area (Å²) in [5, 5.41) is 3.04. The number of benzene rings is 1. The van der Waals surface area contributed by atoms with Crippen molar-refractivity contribution in [1.29, 1.82) is 0 Å². The molecule has 2 unspecified atom stereocenters. The third-order valence-corrected chi connectivity index (χ3v) is 3.82. The molecule has 0 spiro atoms. The van der Waals surface area contributed by atoms with Crippen LogP contribution in [0.4, 0.5) is 0 Å². The Kier molecular flexibility index (Phi) is 7.18. The normalized spacial score (nSPS) is 13.6. The third-order valence-electron chi connectivity index (χ3n) is 3.82. The van der Waals surface area contributed by atoms with Crippen LogP contribution in [0.15, 0.2) is 18.2 Å². The van der Waals surface area contributed by atoms with Crippen LogP contribution in [0, 0.1) is 0 Å². The quantitative estimate of drug-likeness (QED) is 0.799. The van der Waals surface area contributed by atoms with E-state index in [9.17, 15) is 4.79 Å². The molecule has 0 saturated carbocycles. The first-order valence-electron chi connectivity index (χ1n) is 7.54. The summed E-state index contributed by atoms with van der Waals surface area (Å²) in [6, 6.07) is 6.02. The predicted molar refractivity (Wildman–Crippen MR) is 88.6 cm³/mol. The number of hydrogen-bond acceptors (Lipinski definition) is 4. The van der Waals surface area contributed by atoms with Gasteiger partial charge >= 0.3 is 0 Å². The van der Waals surface area contributed by atoms with E-state index in [2.05, 4.69) is 17.1 Å². The van der Waals surface area contributed by atoms with E-state index < -0.39 is 0 Å². The first kappa shape index (κ1) is 18.3. The summed E-state index contributed by atoms with van der Waals surface area (Å²) in [7, 11) is 7.29. The molecule has 0 heterocycles. The van der Waals surface area contributed by atoms with Gasteiger partial charge < -0.3 is 19.7 Å². The van der Waals surface area contributed by atoms with E-state index in [0.717, 1.165) is 17.7 Å². The summed E-state index contributed by atoms with van der Waals surface area (Å²) in [5.74, 6) is 1.41. The van der Waals surface area contributed by atoms with Crippen molar-refractivity contribution >= 4 is 5.91 Å². The van der Waals surface area contributed by atoms with E-state index >= 15 is 0 Å². The van der Waals surface area contributed by atoms with Gasteiger partial charge in [-0.1, -0.05) is 0 Å². The van der Waals surface area contributed by atoms with Crippen LogP contribution < -0.4 is 14.8 Å². The molecule has 5 nitrogen and oxygen atoms in total. The Labute approximate surface area is 133 Å². The minimum absolute atomic E-state index is 0.00925. The highest BCUT2D eigenvalue weighted by Crippen LogP contribution is 2.24. The van der Waals surface area contributed by atoms with E-state index in [1.54, 1.807) is 14.2 Å². The second-order valence-electron chi connectivity index (χ2n) is 5.87. The fraction of sp³-hybridized carbons (Fsp3) is 0.588. The van der Waals surface area contributed by atoms with Crippen molar-refractivity contribution in [1.82, 2.24) is 10.2 Å². The largest absolute Gasteiger partial charge is 0.497 e. The number of rotatable bonds is 8. The van der Waals surface area contributed by atoms with Crippen molar-refractivity contribution in [2.45, 2.75) is 38.8 Å². The molecule has 1 aromatic rings. The van der Waals surface area contributed by atoms with Crippen molar-refractivity contribution in [3.05, 3.63) is 23.8 Å². The van der Waals surface area contributed by atoms with Gasteiger partial charge in [-0.3, -0.25) is 4.79 Å². The van der Waals surface area contributed by atoms with Gasteiger partial charge in [-0.15, -0.1) is 0 Å². The Morgan fingerprint density at radius 3 is 2.45 bits per heavy atom. The lowest BCUT2D eigenvalue weighted by Crippen LogP contribution is -2.38. The second-order valence-corrected chi connectivity index (χ2v) is 5.87. The molecule has 0 aromatic heterocycles. The zero-order valence-electron chi connectivity index (χ0n) is 14.5. The fourth-order valence-electron chi connectivity index (χ4n) is 2.30. The Hall–Kier alpha value is -1.75. The molecule has 0 aliphatic heterocycles. The van der Waals surface area contributed by atoms with Crippen LogP contribution in [0.2, 0.25) is 0 Å². The number of hydrogen-bond donors (Lipinski definition) is 1. The minimum atomic E-state index is -0.00925. The monoisotopic (exact) mass is 308 g/mol. The summed E-state index contributed by atoms with van der Waals surface area (Å²) in [5.41, 5.74) is 0.826. The molecular formula is C17H28N2O3. The lowest BCUT2D eigenvalue weighted by Gasteiger charge is -2.24. The molecule has 1 amide bonds. The Balaban J connectivity index is 2.64. The second kappa shape index (κ2) is 8.63. The van der Waals surface area contributed by atoms with E-state index in [-0.39, 0.29) is 18.4 Å². The maximum absolute atomic E-state index is 12.2. The summed E-state index contributed by atoms with van der Waals surface area (Å²) < 4.78 is 10.5. The van der Waals surface area contributed by atoms with Gasteiger partial charge in [0.25, 0.3) is 0 Å². The molecule has 0 radical (unpaired) electrons. The van der Waals surface area contributed by atoms with Crippen LogP contribution in [0.5, 0.6) is 11.5 Å². The molecule has 2 atom stereocenters. The molecule has 1 N–H and O–H groups in total. The fourth-order valence-corrected chi connectivity index (χ4v) is 2.30. The average molecular weight is 308 g/mol. The molecule has 22 heavy (non-hydrogen) atoms. The Morgan fingerprint density at radius 1 is 1.23 bits per heavy atom. The van der Waals surface area contributed by atoms with Gasteiger partial charge in [0.05, 0.1) is 20.6 Å². The van der Waals surface area contributed by atoms with Gasteiger partial charge in [0, 0.05) is 17.6 Å². The van der Waals surface area contributed by atoms with Crippen molar-refractivity contribution in [3.63, 3.8) is 0 Å². The van der Waals surface area contributed by atoms with Gasteiger partial charge in [0.15, 0.2) is 0 Å². The molecule has 0 bridgehead atoms. The van der Waals surface area contributed by atoms with E-state index in [1.165, 1.54) is 0 Å². The summed E-state index contributed by atoms with van der Waals surface area (Å²) in [6.45, 7) is 4.18. The standard InChI is InChI=1S/C17H28N2O3/c1-12(9-13(2)19(3)4)18-17(20)11-14-10-15(21-5)7-8-16(14)22-6/h7-8,10,12-13H,9,11H2,1-6H3,(H,18,20). The number of nitrogens with one attached hydrogen (secondary N) is 1. The van der Waals surface area contributed by atoms with Crippen LogP contribution in [0.25, 0.3) is 0 Å². The van der Waals surface area contributed by atoms with Crippen LogP contribution >= 0.6 is 0 Å². The molecule has 1 aromatic carbocycles. The molecular weight excluding hydrogens is 280 g/mol. The average Bonchev–Trinajstić information content (AvgIpc) is 2.46. The summed E-state index contributed by atoms with van der Waals surface area (Å²) in [6.07, 6.45) is 1.19. The van der Waals surface area contributed by atoms with Gasteiger partial charge in [-0.05, 0) is 52.6 Å². The molecule has 0 fully saturated rings. The van der Waals surface area contributed by atoms with Crippen molar-refractivity contribution in [2.24, 2.45) is 0 Å². The van der Waals surface area contributed by atoms with Crippen molar-refractivity contribution < 1.29 is 14.3 Å². The smallest absolute Gasteiger partial charge is 0.224 e. The molecule has 5 heteroatoms. The maximum atomic E-state index is 12.2. The van der Waals surface area contributed by atoms with Crippen LogP contribution in [-0.4, -0.2) is 51.2 Å². The van der Waals surface area contributed by atoms with Crippen LogP contribution in [0.1, 0.15) is 25.8 Å². The first-order valence-corrected chi connectivity index (χ1v) is 7.54. The van der Waals surface area contributed by atoms with Gasteiger partial charge in [0.1, 0.15) is 11.5 Å². The Bertz CT molecular complexity index is 489. The number of carbonyl (C=O) groups excluding carboxylic acids is 1. The molecule has 124 valence electrons. The van der Waals surface area contributed by atoms with Crippen LogP contribution in [-0.2, 0) is 11.2 Å². The minimum Gasteiger partial charge on any atom is -0.497 e. The number of carbonyl (C=O) groups is 1. The van der Waals surface area contributed by atoms with E-state index in [0.29, 0.717) is 11.8 Å². The zero-order chi connectivity index (χ0) is 16.7. The van der Waals surface area contributed by atoms with Crippen molar-refractivity contribution in [3.8, 4) is 11.5 Å². The maximum Gasteiger partial charge on any atom is 0.224 e. The van der Waals surface area contributed by atoms with Crippen LogP contribution in [0.3, 0.4) is 0 Å². The molecule has 0 saturated heterocycles. The number of nitrogens with zero attached hydrogens (tertiary/aromatic N) is 1. The highest BCUT2D eigenvalue weighted by molar-refractivity contribution is 5.79. The topological polar surface area (TPSA) is 50.8 Å². The predicted octanol–water partition coefficient (Wildman–Crippen LogP) is 2.09. The SMILES string of the molecule is COc1ccc(OC)c(CC(=O)NC(C)CC(C)N(C)C)c1. The Morgan fingerprint density at radius 2 is 1.91 bits per heavy atom. The molecule has 0 aliphatic rings. The summed E-state index contributed by atoms with van der Waals surface area (Å²) in [4.78, 5) is 14.4. The van der Waals surface area contributed by atoms with E-state index in [4.69, 9.17) is 9.47 Å². The number of ether oxygens (including phenoxy) is 2. The first-order chi connectivity index (χ1) is 10.4.